The maximum Gasteiger partial charge on any atom is 0.167 e. The van der Waals surface area contributed by atoms with Crippen molar-refractivity contribution in [2.45, 2.75) is 0 Å². The molecule has 52 heavy (non-hydrogen) atoms. The molecule has 8 aromatic carbocycles. The van der Waals surface area contributed by atoms with Crippen LogP contribution in [0.15, 0.2) is 174 Å². The van der Waals surface area contributed by atoms with Gasteiger partial charge >= 0.3 is 0 Å². The largest absolute Gasteiger partial charge is 0.455 e. The van der Waals surface area contributed by atoms with Gasteiger partial charge in [0.2, 0.25) is 0 Å². The molecule has 5 nitrogen and oxygen atoms in total. The van der Waals surface area contributed by atoms with E-state index in [-0.39, 0.29) is 0 Å². The average Bonchev–Trinajstić information content (AvgIpc) is 3.75. The van der Waals surface area contributed by atoms with Crippen LogP contribution in [0.5, 0.6) is 0 Å². The van der Waals surface area contributed by atoms with Gasteiger partial charge in [0.15, 0.2) is 17.5 Å². The van der Waals surface area contributed by atoms with Crippen LogP contribution in [0, 0.1) is 0 Å². The molecule has 0 aliphatic rings. The number of fused-ring (bicyclic) bond motifs is 9. The molecular formula is C47H28N4O. The summed E-state index contributed by atoms with van der Waals surface area (Å²) in [6, 6.07) is 59.2. The number of hydrogen-bond acceptors (Lipinski definition) is 4. The lowest BCUT2D eigenvalue weighted by Gasteiger charge is -2.13. The van der Waals surface area contributed by atoms with E-state index in [0.29, 0.717) is 17.5 Å². The van der Waals surface area contributed by atoms with E-state index in [9.17, 15) is 0 Å². The van der Waals surface area contributed by atoms with Crippen LogP contribution in [-0.2, 0) is 0 Å². The van der Waals surface area contributed by atoms with Gasteiger partial charge in [0, 0.05) is 43.4 Å². The zero-order chi connectivity index (χ0) is 34.2. The molecule has 11 aromatic rings. The van der Waals surface area contributed by atoms with E-state index in [0.717, 1.165) is 60.6 Å². The lowest BCUT2D eigenvalue weighted by Crippen LogP contribution is -2.00. The molecule has 0 amide bonds. The van der Waals surface area contributed by atoms with Crippen LogP contribution in [0.4, 0.5) is 0 Å². The molecule has 5 heteroatoms. The summed E-state index contributed by atoms with van der Waals surface area (Å²) in [6.45, 7) is 0. The molecule has 0 N–H and O–H groups in total. The van der Waals surface area contributed by atoms with E-state index < -0.39 is 0 Å². The van der Waals surface area contributed by atoms with Crippen LogP contribution in [0.25, 0.3) is 105 Å². The smallest absolute Gasteiger partial charge is 0.167 e. The molecular weight excluding hydrogens is 637 g/mol. The number of aromatic nitrogens is 4. The van der Waals surface area contributed by atoms with Crippen molar-refractivity contribution in [1.82, 2.24) is 19.5 Å². The maximum absolute atomic E-state index is 6.94. The van der Waals surface area contributed by atoms with E-state index in [1.807, 2.05) is 66.7 Å². The van der Waals surface area contributed by atoms with Crippen molar-refractivity contribution in [3.8, 4) is 39.9 Å². The summed E-state index contributed by atoms with van der Waals surface area (Å²) < 4.78 is 9.36. The molecule has 0 saturated carbocycles. The van der Waals surface area contributed by atoms with Gasteiger partial charge in [0.25, 0.3) is 0 Å². The average molecular weight is 665 g/mol. The van der Waals surface area contributed by atoms with Gasteiger partial charge in [-0.1, -0.05) is 140 Å². The Morgan fingerprint density at radius 3 is 1.65 bits per heavy atom. The summed E-state index contributed by atoms with van der Waals surface area (Å²) in [6.07, 6.45) is 0. The van der Waals surface area contributed by atoms with Crippen LogP contribution in [0.2, 0.25) is 0 Å². The van der Waals surface area contributed by atoms with E-state index in [1.165, 1.54) is 27.1 Å². The molecule has 0 radical (unpaired) electrons. The van der Waals surface area contributed by atoms with Crippen molar-refractivity contribution in [2.24, 2.45) is 0 Å². The number of nitrogens with zero attached hydrogens (tertiary/aromatic N) is 4. The zero-order valence-electron chi connectivity index (χ0n) is 27.9. The minimum absolute atomic E-state index is 0.566. The Bertz CT molecular complexity index is 3120. The van der Waals surface area contributed by atoms with Crippen LogP contribution in [0.1, 0.15) is 0 Å². The first-order valence-corrected chi connectivity index (χ1v) is 17.5. The highest BCUT2D eigenvalue weighted by atomic mass is 16.3. The van der Waals surface area contributed by atoms with Crippen molar-refractivity contribution in [2.75, 3.05) is 0 Å². The third kappa shape index (κ3) is 4.33. The fourth-order valence-electron chi connectivity index (χ4n) is 7.81. The molecule has 0 aliphatic heterocycles. The molecule has 0 fully saturated rings. The van der Waals surface area contributed by atoms with E-state index in [4.69, 9.17) is 19.4 Å². The van der Waals surface area contributed by atoms with Gasteiger partial charge in [-0.05, 0) is 41.1 Å². The van der Waals surface area contributed by atoms with Gasteiger partial charge in [0.1, 0.15) is 11.2 Å². The number of hydrogen-bond donors (Lipinski definition) is 0. The van der Waals surface area contributed by atoms with Gasteiger partial charge in [-0.3, -0.25) is 0 Å². The summed E-state index contributed by atoms with van der Waals surface area (Å²) in [5.74, 6) is 1.80. The topological polar surface area (TPSA) is 56.7 Å². The van der Waals surface area contributed by atoms with Gasteiger partial charge in [0.05, 0.1) is 22.3 Å². The quantitative estimate of drug-likeness (QED) is 0.188. The standard InChI is InChI=1S/C47H28N4O/c1-3-14-29(15-4-1)45-48-46(30-16-5-2-6-17-30)50-47(49-45)37-24-13-23-36-39-28-42(33-20-9-10-22-35(33)44(39)52-43(36)37)51-40-25-12-11-21-34(40)38-26-31-18-7-8-19-32(31)27-41(38)51/h1-28H. The summed E-state index contributed by atoms with van der Waals surface area (Å²) >= 11 is 0. The lowest BCUT2D eigenvalue weighted by atomic mass is 10.0. The summed E-state index contributed by atoms with van der Waals surface area (Å²) in [7, 11) is 0. The van der Waals surface area contributed by atoms with Crippen LogP contribution < -0.4 is 0 Å². The molecule has 3 aromatic heterocycles. The fraction of sp³-hybridized carbons (Fsp3) is 0. The Morgan fingerprint density at radius 1 is 0.365 bits per heavy atom. The zero-order valence-corrected chi connectivity index (χ0v) is 27.9. The van der Waals surface area contributed by atoms with Crippen molar-refractivity contribution in [1.29, 1.82) is 0 Å². The van der Waals surface area contributed by atoms with Crippen LogP contribution in [0.3, 0.4) is 0 Å². The van der Waals surface area contributed by atoms with Crippen molar-refractivity contribution in [3.05, 3.63) is 170 Å². The fourth-order valence-corrected chi connectivity index (χ4v) is 7.81. The van der Waals surface area contributed by atoms with E-state index in [1.54, 1.807) is 0 Å². The highest BCUT2D eigenvalue weighted by molar-refractivity contribution is 6.21. The summed E-state index contributed by atoms with van der Waals surface area (Å²) in [5.41, 5.74) is 7.70. The Balaban J connectivity index is 1.20. The first-order valence-electron chi connectivity index (χ1n) is 17.5. The second-order valence-corrected chi connectivity index (χ2v) is 13.2. The molecule has 11 rings (SSSR count). The first-order chi connectivity index (χ1) is 25.8. The monoisotopic (exact) mass is 664 g/mol. The van der Waals surface area contributed by atoms with Crippen LogP contribution >= 0.6 is 0 Å². The Morgan fingerprint density at radius 2 is 0.923 bits per heavy atom. The van der Waals surface area contributed by atoms with Gasteiger partial charge in [-0.25, -0.2) is 15.0 Å². The molecule has 0 unspecified atom stereocenters. The molecule has 0 bridgehead atoms. The van der Waals surface area contributed by atoms with Crippen molar-refractivity contribution < 1.29 is 4.42 Å². The summed E-state index contributed by atoms with van der Waals surface area (Å²) in [4.78, 5) is 15.0. The Kier molecular flexibility index (Phi) is 6.18. The van der Waals surface area contributed by atoms with Crippen molar-refractivity contribution in [3.63, 3.8) is 0 Å². The number of furan rings is 1. The predicted octanol–water partition coefficient (Wildman–Crippen LogP) is 12.2. The summed E-state index contributed by atoms with van der Waals surface area (Å²) in [5, 5.41) is 9.12. The molecule has 0 saturated heterocycles. The SMILES string of the molecule is c1ccc(-c2nc(-c3ccccc3)nc(-c3cccc4c3oc3c5ccccc5c(-n5c6ccccc6c6cc7ccccc7cc65)cc43)n2)cc1. The number of benzene rings is 8. The third-order valence-electron chi connectivity index (χ3n) is 10.2. The molecule has 0 atom stereocenters. The normalized spacial score (nSPS) is 11.8. The molecule has 0 spiro atoms. The first kappa shape index (κ1) is 28.7. The molecule has 242 valence electrons. The Hall–Kier alpha value is -7.11. The highest BCUT2D eigenvalue weighted by Crippen LogP contribution is 2.43. The maximum atomic E-state index is 6.94. The van der Waals surface area contributed by atoms with Gasteiger partial charge in [-0.15, -0.1) is 0 Å². The second-order valence-electron chi connectivity index (χ2n) is 13.2. The number of rotatable bonds is 4. The molecule has 3 heterocycles. The van der Waals surface area contributed by atoms with Gasteiger partial charge < -0.3 is 8.98 Å². The van der Waals surface area contributed by atoms with E-state index >= 15 is 0 Å². The number of para-hydroxylation sites is 2. The second kappa shape index (κ2) is 11.2. The molecule has 0 aliphatic carbocycles. The highest BCUT2D eigenvalue weighted by Gasteiger charge is 2.22. The van der Waals surface area contributed by atoms with Crippen molar-refractivity contribution >= 4 is 65.3 Å². The minimum atomic E-state index is 0.566. The van der Waals surface area contributed by atoms with Crippen LogP contribution in [-0.4, -0.2) is 19.5 Å². The third-order valence-corrected chi connectivity index (χ3v) is 10.2. The van der Waals surface area contributed by atoms with Gasteiger partial charge in [-0.2, -0.15) is 0 Å². The lowest BCUT2D eigenvalue weighted by molar-refractivity contribution is 0.673. The predicted molar refractivity (Wildman–Crippen MR) is 213 cm³/mol. The Labute approximate surface area is 298 Å². The van der Waals surface area contributed by atoms with E-state index in [2.05, 4.69) is 108 Å². The minimum Gasteiger partial charge on any atom is -0.455 e.